The Kier molecular flexibility index (Phi) is 5.30. The van der Waals surface area contributed by atoms with E-state index in [9.17, 15) is 19.2 Å². The maximum atomic E-state index is 12.6. The molecular weight excluding hydrogens is 408 g/mol. The Bertz CT molecular complexity index is 1050. The third kappa shape index (κ3) is 3.80. The van der Waals surface area contributed by atoms with Crippen molar-refractivity contribution in [2.24, 2.45) is 5.92 Å². The highest BCUT2D eigenvalue weighted by atomic mass is 35.5. The topological polar surface area (TPSA) is 84.0 Å². The number of esters is 1. The zero-order chi connectivity index (χ0) is 21.4. The van der Waals surface area contributed by atoms with Crippen LogP contribution in [0.4, 0.5) is 11.4 Å². The van der Waals surface area contributed by atoms with Crippen molar-refractivity contribution in [3.05, 3.63) is 53.1 Å². The van der Waals surface area contributed by atoms with Crippen molar-refractivity contribution in [3.8, 4) is 5.75 Å². The Balaban J connectivity index is 1.46. The molecule has 2 aromatic carbocycles. The van der Waals surface area contributed by atoms with Crippen LogP contribution >= 0.6 is 11.6 Å². The van der Waals surface area contributed by atoms with E-state index < -0.39 is 11.9 Å². The molecule has 2 aliphatic rings. The van der Waals surface area contributed by atoms with Gasteiger partial charge in [0.25, 0.3) is 0 Å². The number of halogens is 1. The summed E-state index contributed by atoms with van der Waals surface area (Å²) in [6, 6.07) is 11.6. The molecule has 4 rings (SSSR count). The van der Waals surface area contributed by atoms with Crippen molar-refractivity contribution in [2.45, 2.75) is 26.2 Å². The predicted octanol–water partition coefficient (Wildman–Crippen LogP) is 3.26. The zero-order valence-corrected chi connectivity index (χ0v) is 17.0. The normalized spacial score (nSPS) is 19.0. The van der Waals surface area contributed by atoms with Crippen LogP contribution in [0.5, 0.6) is 5.75 Å². The standard InChI is InChI=1S/C22H19ClN2O5/c1-13-5-6-15(11-18(13)23)24-12-14(9-21(24)28)22(29)30-17-4-2-3-16(10-17)25-19(26)7-8-20(25)27/h2-6,10-11,14H,7-9,12H2,1H3/t14-/m1/s1. The molecule has 8 heteroatoms. The van der Waals surface area contributed by atoms with Crippen LogP contribution in [0, 0.1) is 12.8 Å². The lowest BCUT2D eigenvalue weighted by molar-refractivity contribution is -0.139. The molecule has 2 fully saturated rings. The van der Waals surface area contributed by atoms with Crippen molar-refractivity contribution in [3.63, 3.8) is 0 Å². The van der Waals surface area contributed by atoms with Gasteiger partial charge in [-0.3, -0.25) is 24.1 Å². The van der Waals surface area contributed by atoms with Crippen LogP contribution in [0.25, 0.3) is 0 Å². The Hall–Kier alpha value is -3.19. The summed E-state index contributed by atoms with van der Waals surface area (Å²) in [7, 11) is 0. The van der Waals surface area contributed by atoms with Gasteiger partial charge in [-0.15, -0.1) is 0 Å². The first kappa shape index (κ1) is 20.1. The highest BCUT2D eigenvalue weighted by Gasteiger charge is 2.37. The van der Waals surface area contributed by atoms with Gasteiger partial charge in [-0.05, 0) is 36.8 Å². The van der Waals surface area contributed by atoms with Gasteiger partial charge in [0.05, 0.1) is 11.6 Å². The molecule has 3 amide bonds. The van der Waals surface area contributed by atoms with Crippen molar-refractivity contribution >= 4 is 46.7 Å². The molecule has 0 aromatic heterocycles. The van der Waals surface area contributed by atoms with Gasteiger partial charge in [0.2, 0.25) is 17.7 Å². The number of anilines is 2. The van der Waals surface area contributed by atoms with Crippen molar-refractivity contribution < 1.29 is 23.9 Å². The van der Waals surface area contributed by atoms with E-state index in [1.54, 1.807) is 30.3 Å². The Morgan fingerprint density at radius 3 is 2.43 bits per heavy atom. The molecule has 2 heterocycles. The number of hydrogen-bond donors (Lipinski definition) is 0. The van der Waals surface area contributed by atoms with Crippen molar-refractivity contribution in [1.82, 2.24) is 0 Å². The average molecular weight is 427 g/mol. The zero-order valence-electron chi connectivity index (χ0n) is 16.3. The number of imide groups is 1. The average Bonchev–Trinajstić information content (AvgIpc) is 3.26. The van der Waals surface area contributed by atoms with E-state index in [0.717, 1.165) is 10.5 Å². The molecule has 2 saturated heterocycles. The lowest BCUT2D eigenvalue weighted by atomic mass is 10.1. The second-order valence-electron chi connectivity index (χ2n) is 7.38. The van der Waals surface area contributed by atoms with Gasteiger partial charge in [-0.25, -0.2) is 0 Å². The van der Waals surface area contributed by atoms with Crippen LogP contribution in [0.15, 0.2) is 42.5 Å². The number of carbonyl (C=O) groups is 4. The minimum absolute atomic E-state index is 0.0348. The van der Waals surface area contributed by atoms with Crippen LogP contribution in [0.3, 0.4) is 0 Å². The molecule has 2 aromatic rings. The Morgan fingerprint density at radius 1 is 1.00 bits per heavy atom. The third-order valence-electron chi connectivity index (χ3n) is 5.27. The van der Waals surface area contributed by atoms with E-state index in [1.807, 2.05) is 13.0 Å². The maximum Gasteiger partial charge on any atom is 0.316 e. The molecule has 1 atom stereocenters. The van der Waals surface area contributed by atoms with Gasteiger partial charge in [0.15, 0.2) is 0 Å². The maximum absolute atomic E-state index is 12.6. The number of carbonyl (C=O) groups excluding carboxylic acids is 4. The first-order valence-electron chi connectivity index (χ1n) is 9.57. The molecule has 2 aliphatic heterocycles. The summed E-state index contributed by atoms with van der Waals surface area (Å²) >= 11 is 6.15. The molecular formula is C22H19ClN2O5. The van der Waals surface area contributed by atoms with Crippen molar-refractivity contribution in [1.29, 1.82) is 0 Å². The van der Waals surface area contributed by atoms with Gasteiger partial charge in [-0.1, -0.05) is 23.7 Å². The monoisotopic (exact) mass is 426 g/mol. The number of benzene rings is 2. The molecule has 0 bridgehead atoms. The summed E-state index contributed by atoms with van der Waals surface area (Å²) in [4.78, 5) is 51.5. The molecule has 0 unspecified atom stereocenters. The summed E-state index contributed by atoms with van der Waals surface area (Å²) < 4.78 is 5.45. The third-order valence-corrected chi connectivity index (χ3v) is 5.68. The van der Waals surface area contributed by atoms with Gasteiger partial charge in [0.1, 0.15) is 5.75 Å². The molecule has 0 aliphatic carbocycles. The van der Waals surface area contributed by atoms with Gasteiger partial charge in [-0.2, -0.15) is 0 Å². The number of amides is 3. The number of hydrogen-bond acceptors (Lipinski definition) is 5. The van der Waals surface area contributed by atoms with E-state index in [2.05, 4.69) is 0 Å². The lowest BCUT2D eigenvalue weighted by Crippen LogP contribution is -2.29. The van der Waals surface area contributed by atoms with Crippen LogP contribution in [0.2, 0.25) is 5.02 Å². The van der Waals surface area contributed by atoms with E-state index in [-0.39, 0.29) is 49.3 Å². The number of nitrogens with zero attached hydrogens (tertiary/aromatic N) is 2. The summed E-state index contributed by atoms with van der Waals surface area (Å²) in [6.45, 7) is 2.06. The first-order chi connectivity index (χ1) is 14.3. The second-order valence-corrected chi connectivity index (χ2v) is 7.79. The smallest absolute Gasteiger partial charge is 0.316 e. The van der Waals surface area contributed by atoms with Gasteiger partial charge < -0.3 is 9.64 Å². The van der Waals surface area contributed by atoms with E-state index >= 15 is 0 Å². The number of aryl methyl sites for hydroxylation is 1. The van der Waals surface area contributed by atoms with Crippen LogP contribution < -0.4 is 14.5 Å². The van der Waals surface area contributed by atoms with E-state index in [0.29, 0.717) is 16.4 Å². The van der Waals surface area contributed by atoms with E-state index in [4.69, 9.17) is 16.3 Å². The van der Waals surface area contributed by atoms with Gasteiger partial charge >= 0.3 is 5.97 Å². The predicted molar refractivity (Wildman–Crippen MR) is 110 cm³/mol. The molecule has 30 heavy (non-hydrogen) atoms. The summed E-state index contributed by atoms with van der Waals surface area (Å²) in [5.74, 6) is -1.70. The SMILES string of the molecule is Cc1ccc(N2C[C@H](C(=O)Oc3cccc(N4C(=O)CCC4=O)c3)CC2=O)cc1Cl. The van der Waals surface area contributed by atoms with E-state index in [1.165, 1.54) is 11.0 Å². The van der Waals surface area contributed by atoms with Crippen LogP contribution in [-0.4, -0.2) is 30.2 Å². The fraction of sp³-hybridized carbons (Fsp3) is 0.273. The highest BCUT2D eigenvalue weighted by Crippen LogP contribution is 2.31. The Morgan fingerprint density at radius 2 is 1.73 bits per heavy atom. The Labute approximate surface area is 178 Å². The van der Waals surface area contributed by atoms with Crippen LogP contribution in [-0.2, 0) is 19.2 Å². The molecule has 0 N–H and O–H groups in total. The minimum atomic E-state index is -0.628. The quantitative estimate of drug-likeness (QED) is 0.425. The van der Waals surface area contributed by atoms with Crippen LogP contribution in [0.1, 0.15) is 24.8 Å². The first-order valence-corrected chi connectivity index (χ1v) is 9.95. The van der Waals surface area contributed by atoms with Gasteiger partial charge in [0, 0.05) is 42.6 Å². The largest absolute Gasteiger partial charge is 0.426 e. The number of ether oxygens (including phenoxy) is 1. The summed E-state index contributed by atoms with van der Waals surface area (Å²) in [6.07, 6.45) is 0.380. The summed E-state index contributed by atoms with van der Waals surface area (Å²) in [5.41, 5.74) is 1.91. The molecule has 0 radical (unpaired) electrons. The molecule has 154 valence electrons. The number of rotatable bonds is 4. The fourth-order valence-electron chi connectivity index (χ4n) is 3.61. The molecule has 7 nitrogen and oxygen atoms in total. The lowest BCUT2D eigenvalue weighted by Gasteiger charge is -2.18. The molecule has 0 spiro atoms. The highest BCUT2D eigenvalue weighted by molar-refractivity contribution is 6.31. The minimum Gasteiger partial charge on any atom is -0.426 e. The summed E-state index contributed by atoms with van der Waals surface area (Å²) in [5, 5.41) is 0.550. The molecule has 0 saturated carbocycles. The van der Waals surface area contributed by atoms with Crippen molar-refractivity contribution in [2.75, 3.05) is 16.3 Å². The second kappa shape index (κ2) is 7.91. The fourth-order valence-corrected chi connectivity index (χ4v) is 3.79.